The van der Waals surface area contributed by atoms with Gasteiger partial charge in [0.05, 0.1) is 5.69 Å². The molecule has 3 nitrogen and oxygen atoms in total. The van der Waals surface area contributed by atoms with Gasteiger partial charge in [0, 0.05) is 5.92 Å². The van der Waals surface area contributed by atoms with E-state index in [0.29, 0.717) is 11.7 Å². The maximum absolute atomic E-state index is 10.6. The first kappa shape index (κ1) is 8.48. The molecule has 0 radical (unpaired) electrons. The molecule has 0 saturated heterocycles. The molecule has 1 heterocycles. The van der Waals surface area contributed by atoms with Crippen molar-refractivity contribution >= 4 is 6.29 Å². The Kier molecular flexibility index (Phi) is 2.43. The van der Waals surface area contributed by atoms with Crippen LogP contribution in [-0.4, -0.2) is 11.3 Å². The van der Waals surface area contributed by atoms with E-state index in [-0.39, 0.29) is 0 Å². The van der Waals surface area contributed by atoms with E-state index in [0.717, 1.165) is 24.8 Å². The van der Waals surface area contributed by atoms with E-state index in [9.17, 15) is 4.79 Å². The summed E-state index contributed by atoms with van der Waals surface area (Å²) in [4.78, 5) is 14.7. The first-order valence-corrected chi connectivity index (χ1v) is 4.80. The van der Waals surface area contributed by atoms with E-state index in [2.05, 4.69) is 4.98 Å². The molecule has 13 heavy (non-hydrogen) atoms. The van der Waals surface area contributed by atoms with Crippen molar-refractivity contribution in [3.8, 4) is 0 Å². The van der Waals surface area contributed by atoms with Gasteiger partial charge in [0.15, 0.2) is 18.4 Å². The van der Waals surface area contributed by atoms with Gasteiger partial charge in [0.2, 0.25) is 0 Å². The van der Waals surface area contributed by atoms with Crippen molar-refractivity contribution in [2.45, 2.75) is 38.0 Å². The molecule has 0 unspecified atom stereocenters. The zero-order valence-corrected chi connectivity index (χ0v) is 7.53. The van der Waals surface area contributed by atoms with Crippen molar-refractivity contribution in [2.24, 2.45) is 0 Å². The van der Waals surface area contributed by atoms with Gasteiger partial charge in [0.25, 0.3) is 0 Å². The third-order valence-electron chi connectivity index (χ3n) is 2.72. The molecule has 0 bridgehead atoms. The average Bonchev–Trinajstić information content (AvgIpc) is 2.67. The van der Waals surface area contributed by atoms with Gasteiger partial charge < -0.3 is 4.42 Å². The number of carbonyl (C=O) groups excluding carboxylic acids is 1. The summed E-state index contributed by atoms with van der Waals surface area (Å²) in [6.45, 7) is 0. The van der Waals surface area contributed by atoms with Gasteiger partial charge in [-0.05, 0) is 12.8 Å². The van der Waals surface area contributed by atoms with Gasteiger partial charge in [-0.15, -0.1) is 0 Å². The molecule has 0 N–H and O–H groups in total. The minimum Gasteiger partial charge on any atom is -0.440 e. The van der Waals surface area contributed by atoms with E-state index >= 15 is 0 Å². The van der Waals surface area contributed by atoms with Gasteiger partial charge >= 0.3 is 0 Å². The third kappa shape index (κ3) is 1.64. The summed E-state index contributed by atoms with van der Waals surface area (Å²) in [6, 6.07) is 0. The lowest BCUT2D eigenvalue weighted by Crippen LogP contribution is -2.06. The van der Waals surface area contributed by atoms with Crippen LogP contribution in [0.25, 0.3) is 0 Å². The Morgan fingerprint density at radius 2 is 2.15 bits per heavy atom. The molecule has 1 aromatic heterocycles. The van der Waals surface area contributed by atoms with Crippen LogP contribution in [0.3, 0.4) is 0 Å². The summed E-state index contributed by atoms with van der Waals surface area (Å²) >= 11 is 0. The largest absolute Gasteiger partial charge is 0.440 e. The Morgan fingerprint density at radius 1 is 1.38 bits per heavy atom. The van der Waals surface area contributed by atoms with Crippen molar-refractivity contribution < 1.29 is 9.21 Å². The Morgan fingerprint density at radius 3 is 2.85 bits per heavy atom. The third-order valence-corrected chi connectivity index (χ3v) is 2.72. The summed E-state index contributed by atoms with van der Waals surface area (Å²) in [5.41, 5.74) is 0.870. The number of nitrogens with zero attached hydrogens (tertiary/aromatic N) is 1. The second kappa shape index (κ2) is 3.73. The minimum atomic E-state index is 0.423. The smallest absolute Gasteiger partial charge is 0.190 e. The SMILES string of the molecule is O=Cc1ocnc1C1CCCCC1. The minimum absolute atomic E-state index is 0.423. The second-order valence-electron chi connectivity index (χ2n) is 3.55. The van der Waals surface area contributed by atoms with Crippen LogP contribution in [0.4, 0.5) is 0 Å². The molecule has 1 fully saturated rings. The lowest BCUT2D eigenvalue weighted by atomic mass is 9.86. The van der Waals surface area contributed by atoms with Crippen LogP contribution < -0.4 is 0 Å². The summed E-state index contributed by atoms with van der Waals surface area (Å²) in [5.74, 6) is 0.875. The van der Waals surface area contributed by atoms with Gasteiger partial charge in [-0.2, -0.15) is 0 Å². The van der Waals surface area contributed by atoms with E-state index < -0.39 is 0 Å². The van der Waals surface area contributed by atoms with Crippen LogP contribution in [0, 0.1) is 0 Å². The number of oxazole rings is 1. The molecule has 2 rings (SSSR count). The summed E-state index contributed by atoms with van der Waals surface area (Å²) in [6.07, 6.45) is 8.22. The monoisotopic (exact) mass is 179 g/mol. The summed E-state index contributed by atoms with van der Waals surface area (Å²) in [5, 5.41) is 0. The highest BCUT2D eigenvalue weighted by molar-refractivity contribution is 5.72. The normalized spacial score (nSPS) is 18.8. The number of hydrogen-bond donors (Lipinski definition) is 0. The van der Waals surface area contributed by atoms with Gasteiger partial charge in [0.1, 0.15) is 0 Å². The fourth-order valence-corrected chi connectivity index (χ4v) is 2.03. The molecule has 1 aliphatic rings. The van der Waals surface area contributed by atoms with E-state index in [4.69, 9.17) is 4.42 Å². The van der Waals surface area contributed by atoms with E-state index in [1.807, 2.05) is 0 Å². The fourth-order valence-electron chi connectivity index (χ4n) is 2.03. The first-order valence-electron chi connectivity index (χ1n) is 4.80. The molecule has 0 atom stereocenters. The molecule has 1 aromatic rings. The molecule has 70 valence electrons. The van der Waals surface area contributed by atoms with Gasteiger partial charge in [-0.3, -0.25) is 4.79 Å². The molecule has 3 heteroatoms. The quantitative estimate of drug-likeness (QED) is 0.655. The number of hydrogen-bond acceptors (Lipinski definition) is 3. The van der Waals surface area contributed by atoms with Crippen LogP contribution in [0.5, 0.6) is 0 Å². The van der Waals surface area contributed by atoms with Crippen LogP contribution in [-0.2, 0) is 0 Å². The Hall–Kier alpha value is -1.12. The van der Waals surface area contributed by atoms with Crippen molar-refractivity contribution in [2.75, 3.05) is 0 Å². The highest BCUT2D eigenvalue weighted by atomic mass is 16.3. The standard InChI is InChI=1S/C10H13NO2/c12-6-9-10(11-7-13-9)8-4-2-1-3-5-8/h6-8H,1-5H2. The van der Waals surface area contributed by atoms with Crippen molar-refractivity contribution in [1.82, 2.24) is 4.98 Å². The highest BCUT2D eigenvalue weighted by Crippen LogP contribution is 2.32. The van der Waals surface area contributed by atoms with Crippen LogP contribution in [0.2, 0.25) is 0 Å². The molecule has 0 aliphatic heterocycles. The van der Waals surface area contributed by atoms with Gasteiger partial charge in [-0.25, -0.2) is 4.98 Å². The maximum atomic E-state index is 10.6. The summed E-state index contributed by atoms with van der Waals surface area (Å²) in [7, 11) is 0. The number of rotatable bonds is 2. The number of aldehydes is 1. The topological polar surface area (TPSA) is 43.1 Å². The average molecular weight is 179 g/mol. The Bertz CT molecular complexity index is 287. The second-order valence-corrected chi connectivity index (χ2v) is 3.55. The Labute approximate surface area is 77.2 Å². The lowest BCUT2D eigenvalue weighted by Gasteiger charge is -2.19. The fraction of sp³-hybridized carbons (Fsp3) is 0.600. The van der Waals surface area contributed by atoms with Gasteiger partial charge in [-0.1, -0.05) is 19.3 Å². The van der Waals surface area contributed by atoms with Crippen LogP contribution in [0.15, 0.2) is 10.8 Å². The van der Waals surface area contributed by atoms with Crippen LogP contribution in [0.1, 0.15) is 54.3 Å². The zero-order chi connectivity index (χ0) is 9.10. The first-order chi connectivity index (χ1) is 6.42. The van der Waals surface area contributed by atoms with Crippen molar-refractivity contribution in [3.05, 3.63) is 17.8 Å². The van der Waals surface area contributed by atoms with E-state index in [1.165, 1.54) is 25.7 Å². The lowest BCUT2D eigenvalue weighted by molar-refractivity contribution is 0.109. The maximum Gasteiger partial charge on any atom is 0.190 e. The molecular formula is C10H13NO2. The zero-order valence-electron chi connectivity index (χ0n) is 7.53. The predicted octanol–water partition coefficient (Wildman–Crippen LogP) is 2.53. The molecule has 0 amide bonds. The molecule has 1 aliphatic carbocycles. The predicted molar refractivity (Wildman–Crippen MR) is 47.7 cm³/mol. The van der Waals surface area contributed by atoms with Crippen LogP contribution >= 0.6 is 0 Å². The number of carbonyl (C=O) groups is 1. The highest BCUT2D eigenvalue weighted by Gasteiger charge is 2.21. The Balaban J connectivity index is 2.17. The summed E-state index contributed by atoms with van der Waals surface area (Å²) < 4.78 is 4.99. The van der Waals surface area contributed by atoms with E-state index in [1.54, 1.807) is 0 Å². The van der Waals surface area contributed by atoms with Crippen molar-refractivity contribution in [3.63, 3.8) is 0 Å². The molecule has 0 aromatic carbocycles. The van der Waals surface area contributed by atoms with Crippen molar-refractivity contribution in [1.29, 1.82) is 0 Å². The molecule has 0 spiro atoms. The molecule has 1 saturated carbocycles. The molecular weight excluding hydrogens is 166 g/mol. The number of aromatic nitrogens is 1.